The highest BCUT2D eigenvalue weighted by molar-refractivity contribution is 7.47. The van der Waals surface area contributed by atoms with Crippen LogP contribution in [0.2, 0.25) is 0 Å². The maximum atomic E-state index is 12.6. The number of nitrogens with two attached hydrogens (primary N) is 1. The molecule has 0 heterocycles. The second-order valence-electron chi connectivity index (χ2n) is 14.6. The van der Waals surface area contributed by atoms with Crippen LogP contribution in [0, 0.1) is 0 Å². The van der Waals surface area contributed by atoms with Crippen molar-refractivity contribution in [1.82, 2.24) is 0 Å². The van der Waals surface area contributed by atoms with Gasteiger partial charge in [-0.1, -0.05) is 151 Å². The van der Waals surface area contributed by atoms with E-state index in [1.165, 1.54) is 70.6 Å². The summed E-state index contributed by atoms with van der Waals surface area (Å²) in [6.45, 7) is 3.62. The Morgan fingerprint density at radius 1 is 0.526 bits per heavy atom. The predicted octanol–water partition coefficient (Wildman–Crippen LogP) is 13.1. The number of rotatable bonds is 41. The van der Waals surface area contributed by atoms with E-state index in [9.17, 15) is 19.0 Å². The lowest BCUT2D eigenvalue weighted by Crippen LogP contribution is -2.29. The molecule has 9 nitrogen and oxygen atoms in total. The Balaban J connectivity index is 4.23. The van der Waals surface area contributed by atoms with E-state index in [4.69, 9.17) is 24.3 Å². The molecule has 0 spiro atoms. The molecule has 2 atom stereocenters. The molecule has 0 aromatic heterocycles. The predicted molar refractivity (Wildman–Crippen MR) is 238 cm³/mol. The SMILES string of the molecule is CCCCCC=CCC=CCC=CCC=CCCCCCC(=O)O[C@H](COC(=O)CCCCCCCCCC=CCC=CCCCCC)COP(=O)(O)OCCN. The Morgan fingerprint density at radius 2 is 0.912 bits per heavy atom. The van der Waals surface area contributed by atoms with Gasteiger partial charge in [-0.15, -0.1) is 0 Å². The van der Waals surface area contributed by atoms with Crippen molar-refractivity contribution in [2.45, 2.75) is 187 Å². The van der Waals surface area contributed by atoms with Gasteiger partial charge in [0.1, 0.15) is 6.61 Å². The fraction of sp³-hybridized carbons (Fsp3) is 0.702. The van der Waals surface area contributed by atoms with Crippen molar-refractivity contribution in [3.05, 3.63) is 72.9 Å². The molecule has 328 valence electrons. The zero-order chi connectivity index (χ0) is 41.8. The Morgan fingerprint density at radius 3 is 1.37 bits per heavy atom. The number of unbranched alkanes of at least 4 members (excludes halogenated alkanes) is 16. The third-order valence-corrected chi connectivity index (χ3v) is 10.0. The lowest BCUT2D eigenvalue weighted by atomic mass is 10.1. The average Bonchev–Trinajstić information content (AvgIpc) is 3.20. The molecular weight excluding hydrogens is 737 g/mol. The fourth-order valence-electron chi connectivity index (χ4n) is 5.71. The summed E-state index contributed by atoms with van der Waals surface area (Å²) in [6.07, 6.45) is 52.1. The molecule has 0 aliphatic carbocycles. The van der Waals surface area contributed by atoms with Gasteiger partial charge in [-0.3, -0.25) is 18.6 Å². The molecule has 0 aliphatic rings. The first kappa shape index (κ1) is 54.5. The second-order valence-corrected chi connectivity index (χ2v) is 16.0. The third kappa shape index (κ3) is 42.9. The molecule has 0 bridgehead atoms. The zero-order valence-electron chi connectivity index (χ0n) is 36.0. The van der Waals surface area contributed by atoms with Crippen molar-refractivity contribution in [1.29, 1.82) is 0 Å². The van der Waals surface area contributed by atoms with Gasteiger partial charge in [-0.05, 0) is 89.9 Å². The van der Waals surface area contributed by atoms with Crippen molar-refractivity contribution in [2.75, 3.05) is 26.4 Å². The van der Waals surface area contributed by atoms with E-state index in [0.717, 1.165) is 70.6 Å². The number of carbonyl (C=O) groups is 2. The largest absolute Gasteiger partial charge is 0.472 e. The van der Waals surface area contributed by atoms with Crippen molar-refractivity contribution < 1.29 is 37.6 Å². The van der Waals surface area contributed by atoms with Crippen LogP contribution in [-0.4, -0.2) is 49.3 Å². The van der Waals surface area contributed by atoms with Crippen LogP contribution in [0.25, 0.3) is 0 Å². The maximum absolute atomic E-state index is 12.6. The van der Waals surface area contributed by atoms with Crippen LogP contribution in [0.1, 0.15) is 181 Å². The molecule has 57 heavy (non-hydrogen) atoms. The number of esters is 2. The quantitative estimate of drug-likeness (QED) is 0.0267. The highest BCUT2D eigenvalue weighted by Gasteiger charge is 2.26. The average molecular weight is 820 g/mol. The normalized spacial score (nSPS) is 14.0. The smallest absolute Gasteiger partial charge is 0.462 e. The molecule has 10 heteroatoms. The number of hydrogen-bond acceptors (Lipinski definition) is 8. The molecule has 3 N–H and O–H groups in total. The van der Waals surface area contributed by atoms with Gasteiger partial charge in [0.15, 0.2) is 6.10 Å². The van der Waals surface area contributed by atoms with Crippen molar-refractivity contribution in [3.8, 4) is 0 Å². The Labute approximate surface area is 348 Å². The fourth-order valence-corrected chi connectivity index (χ4v) is 6.47. The summed E-state index contributed by atoms with van der Waals surface area (Å²) < 4.78 is 32.8. The van der Waals surface area contributed by atoms with E-state index in [2.05, 4.69) is 86.8 Å². The number of hydrogen-bond donors (Lipinski definition) is 2. The van der Waals surface area contributed by atoms with Crippen LogP contribution in [-0.2, 0) is 32.7 Å². The Bertz CT molecular complexity index is 1160. The van der Waals surface area contributed by atoms with E-state index in [0.29, 0.717) is 12.8 Å². The molecule has 0 radical (unpaired) electrons. The van der Waals surface area contributed by atoms with Crippen LogP contribution >= 0.6 is 7.82 Å². The van der Waals surface area contributed by atoms with E-state index < -0.39 is 32.5 Å². The van der Waals surface area contributed by atoms with Gasteiger partial charge >= 0.3 is 19.8 Å². The van der Waals surface area contributed by atoms with Crippen molar-refractivity contribution in [2.24, 2.45) is 5.73 Å². The molecule has 0 aromatic carbocycles. The van der Waals surface area contributed by atoms with E-state index in [1.54, 1.807) is 0 Å². The molecule has 0 amide bonds. The van der Waals surface area contributed by atoms with Crippen LogP contribution < -0.4 is 5.73 Å². The Kier molecular flexibility index (Phi) is 41.1. The monoisotopic (exact) mass is 820 g/mol. The summed E-state index contributed by atoms with van der Waals surface area (Å²) in [5.41, 5.74) is 5.35. The molecular formula is C47H82NO8P. The topological polar surface area (TPSA) is 134 Å². The molecule has 0 saturated carbocycles. The van der Waals surface area contributed by atoms with Crippen LogP contribution in [0.3, 0.4) is 0 Å². The van der Waals surface area contributed by atoms with E-state index in [1.807, 2.05) is 0 Å². The number of carbonyl (C=O) groups excluding carboxylic acids is 2. The van der Waals surface area contributed by atoms with Gasteiger partial charge in [0.25, 0.3) is 0 Å². The summed E-state index contributed by atoms with van der Waals surface area (Å²) in [5.74, 6) is -0.878. The summed E-state index contributed by atoms with van der Waals surface area (Å²) in [7, 11) is -4.39. The summed E-state index contributed by atoms with van der Waals surface area (Å²) >= 11 is 0. The van der Waals surface area contributed by atoms with Crippen LogP contribution in [0.15, 0.2) is 72.9 Å². The van der Waals surface area contributed by atoms with Gasteiger partial charge < -0.3 is 20.1 Å². The molecule has 0 fully saturated rings. The number of phosphoric acid groups is 1. The van der Waals surface area contributed by atoms with Crippen LogP contribution in [0.4, 0.5) is 0 Å². The molecule has 0 aliphatic heterocycles. The lowest BCUT2D eigenvalue weighted by molar-refractivity contribution is -0.161. The molecule has 0 aromatic rings. The van der Waals surface area contributed by atoms with Gasteiger partial charge in [0.05, 0.1) is 13.2 Å². The Hall–Kier alpha value is -2.55. The number of ether oxygens (including phenoxy) is 2. The van der Waals surface area contributed by atoms with E-state index in [-0.39, 0.29) is 32.6 Å². The second kappa shape index (κ2) is 43.0. The number of phosphoric ester groups is 1. The third-order valence-electron chi connectivity index (χ3n) is 9.06. The molecule has 0 rings (SSSR count). The summed E-state index contributed by atoms with van der Waals surface area (Å²) in [5, 5.41) is 0. The lowest BCUT2D eigenvalue weighted by Gasteiger charge is -2.19. The summed E-state index contributed by atoms with van der Waals surface area (Å²) in [6, 6.07) is 0. The molecule has 1 unspecified atom stereocenters. The zero-order valence-corrected chi connectivity index (χ0v) is 36.9. The minimum absolute atomic E-state index is 0.0432. The highest BCUT2D eigenvalue weighted by atomic mass is 31.2. The van der Waals surface area contributed by atoms with Gasteiger partial charge in [0.2, 0.25) is 0 Å². The van der Waals surface area contributed by atoms with E-state index >= 15 is 0 Å². The molecule has 0 saturated heterocycles. The van der Waals surface area contributed by atoms with Crippen molar-refractivity contribution in [3.63, 3.8) is 0 Å². The minimum atomic E-state index is -4.39. The van der Waals surface area contributed by atoms with Crippen LogP contribution in [0.5, 0.6) is 0 Å². The van der Waals surface area contributed by atoms with Gasteiger partial charge in [0, 0.05) is 19.4 Å². The highest BCUT2D eigenvalue weighted by Crippen LogP contribution is 2.43. The minimum Gasteiger partial charge on any atom is -0.462 e. The first-order valence-corrected chi connectivity index (χ1v) is 23.9. The maximum Gasteiger partial charge on any atom is 0.472 e. The summed E-state index contributed by atoms with van der Waals surface area (Å²) in [4.78, 5) is 34.9. The van der Waals surface area contributed by atoms with Gasteiger partial charge in [-0.2, -0.15) is 0 Å². The first-order chi connectivity index (χ1) is 27.8. The standard InChI is InChI=1S/C47H82NO8P/c1-3-5-7-9-11-13-15-17-19-21-22-24-26-28-30-32-34-36-38-40-47(50)56-45(44-55-57(51,52)54-42-41-48)43-53-46(49)39-37-35-33-31-29-27-25-23-20-18-16-14-12-10-8-6-4-2/h11-14,17-20,22,24,28,30,45H,3-10,15-16,21,23,25-27,29,31-44,48H2,1-2H3,(H,51,52)/t45-/m1/s1. The first-order valence-electron chi connectivity index (χ1n) is 22.4. The van der Waals surface area contributed by atoms with Gasteiger partial charge in [-0.25, -0.2) is 4.57 Å². The number of allylic oxidation sites excluding steroid dienone is 12. The van der Waals surface area contributed by atoms with Crippen molar-refractivity contribution >= 4 is 19.8 Å².